The number of benzene rings is 1. The minimum Gasteiger partial charge on any atom is -0.314 e. The zero-order valence-corrected chi connectivity index (χ0v) is 14.0. The van der Waals surface area contributed by atoms with Gasteiger partial charge in [-0.1, -0.05) is 26.8 Å². The Morgan fingerprint density at radius 1 is 1.29 bits per heavy atom. The van der Waals surface area contributed by atoms with Gasteiger partial charge in [0.15, 0.2) is 0 Å². The molecular formula is C19H30FN. The van der Waals surface area contributed by atoms with E-state index in [4.69, 9.17) is 0 Å². The van der Waals surface area contributed by atoms with E-state index in [-0.39, 0.29) is 5.82 Å². The normalized spacial score (nSPS) is 20.4. The molecule has 1 aromatic carbocycles. The van der Waals surface area contributed by atoms with Crippen LogP contribution in [-0.4, -0.2) is 12.6 Å². The van der Waals surface area contributed by atoms with Gasteiger partial charge in [0.05, 0.1) is 0 Å². The van der Waals surface area contributed by atoms with E-state index >= 15 is 0 Å². The fraction of sp³-hybridized carbons (Fsp3) is 0.684. The first-order chi connectivity index (χ1) is 9.91. The largest absolute Gasteiger partial charge is 0.314 e. The van der Waals surface area contributed by atoms with Crippen LogP contribution in [0.4, 0.5) is 4.39 Å². The van der Waals surface area contributed by atoms with Crippen LogP contribution < -0.4 is 5.32 Å². The van der Waals surface area contributed by atoms with E-state index in [0.29, 0.717) is 11.5 Å². The number of likely N-dealkylation sites (N-methyl/N-ethyl adjacent to an activating group) is 1. The number of hydrogen-bond donors (Lipinski definition) is 1. The van der Waals surface area contributed by atoms with E-state index in [0.717, 1.165) is 24.4 Å². The summed E-state index contributed by atoms with van der Waals surface area (Å²) in [4.78, 5) is 0. The van der Waals surface area contributed by atoms with Crippen molar-refractivity contribution in [2.75, 3.05) is 6.54 Å². The second-order valence-corrected chi connectivity index (χ2v) is 7.44. The van der Waals surface area contributed by atoms with Crippen LogP contribution in [0.5, 0.6) is 0 Å². The molecule has 21 heavy (non-hydrogen) atoms. The van der Waals surface area contributed by atoms with Crippen molar-refractivity contribution in [3.63, 3.8) is 0 Å². The molecule has 0 radical (unpaired) electrons. The highest BCUT2D eigenvalue weighted by Crippen LogP contribution is 2.39. The van der Waals surface area contributed by atoms with Gasteiger partial charge in [-0.3, -0.25) is 0 Å². The lowest BCUT2D eigenvalue weighted by atomic mass is 9.70. The molecule has 0 aromatic heterocycles. The molecule has 1 aliphatic rings. The van der Waals surface area contributed by atoms with E-state index in [9.17, 15) is 4.39 Å². The molecule has 0 bridgehead atoms. The highest BCUT2D eigenvalue weighted by molar-refractivity contribution is 5.27. The number of hydrogen-bond acceptors (Lipinski definition) is 1. The Morgan fingerprint density at radius 2 is 1.95 bits per heavy atom. The highest BCUT2D eigenvalue weighted by atomic mass is 19.1. The van der Waals surface area contributed by atoms with Crippen LogP contribution in [-0.2, 0) is 6.42 Å². The average molecular weight is 291 g/mol. The van der Waals surface area contributed by atoms with Crippen molar-refractivity contribution in [3.05, 3.63) is 35.1 Å². The van der Waals surface area contributed by atoms with E-state index in [1.807, 2.05) is 13.0 Å². The number of aryl methyl sites for hydroxylation is 1. The van der Waals surface area contributed by atoms with Crippen molar-refractivity contribution < 1.29 is 4.39 Å². The van der Waals surface area contributed by atoms with Crippen molar-refractivity contribution in [1.29, 1.82) is 0 Å². The molecule has 0 heterocycles. The monoisotopic (exact) mass is 291 g/mol. The molecule has 0 saturated heterocycles. The SMILES string of the molecule is CCNC(Cc1ccc(F)cc1C)C1CCC(C)(C)CC1. The maximum atomic E-state index is 13.3. The Bertz CT molecular complexity index is 457. The summed E-state index contributed by atoms with van der Waals surface area (Å²) in [7, 11) is 0. The quantitative estimate of drug-likeness (QED) is 0.816. The van der Waals surface area contributed by atoms with Gasteiger partial charge in [-0.15, -0.1) is 0 Å². The standard InChI is InChI=1S/C19H30FN/c1-5-21-18(15-8-10-19(3,4)11-9-15)13-16-6-7-17(20)12-14(16)2/h6-7,12,15,18,21H,5,8-11,13H2,1-4H3. The van der Waals surface area contributed by atoms with E-state index in [2.05, 4.69) is 26.1 Å². The minimum atomic E-state index is -0.129. The molecule has 1 unspecified atom stereocenters. The van der Waals surface area contributed by atoms with Crippen LogP contribution in [0.2, 0.25) is 0 Å². The summed E-state index contributed by atoms with van der Waals surface area (Å²) in [5.74, 6) is 0.623. The van der Waals surface area contributed by atoms with Crippen LogP contribution in [0.3, 0.4) is 0 Å². The fourth-order valence-corrected chi connectivity index (χ4v) is 3.62. The van der Waals surface area contributed by atoms with Crippen molar-refractivity contribution in [2.24, 2.45) is 11.3 Å². The Kier molecular flexibility index (Phi) is 5.43. The molecule has 1 aromatic rings. The van der Waals surface area contributed by atoms with Crippen LogP contribution >= 0.6 is 0 Å². The molecule has 1 nitrogen and oxygen atoms in total. The van der Waals surface area contributed by atoms with Gasteiger partial charge in [0.1, 0.15) is 5.82 Å². The Balaban J connectivity index is 2.05. The van der Waals surface area contributed by atoms with Crippen molar-refractivity contribution in [1.82, 2.24) is 5.32 Å². The molecule has 2 rings (SSSR count). The maximum Gasteiger partial charge on any atom is 0.123 e. The molecule has 2 heteroatoms. The molecule has 0 spiro atoms. The van der Waals surface area contributed by atoms with Gasteiger partial charge in [-0.25, -0.2) is 4.39 Å². The van der Waals surface area contributed by atoms with Gasteiger partial charge in [-0.05, 0) is 80.2 Å². The van der Waals surface area contributed by atoms with E-state index in [1.54, 1.807) is 12.1 Å². The number of rotatable bonds is 5. The molecule has 1 aliphatic carbocycles. The summed E-state index contributed by atoms with van der Waals surface area (Å²) in [6, 6.07) is 5.73. The molecule has 1 saturated carbocycles. The Morgan fingerprint density at radius 3 is 2.52 bits per heavy atom. The van der Waals surface area contributed by atoms with Crippen molar-refractivity contribution in [2.45, 2.75) is 65.8 Å². The second-order valence-electron chi connectivity index (χ2n) is 7.44. The molecule has 1 atom stereocenters. The maximum absolute atomic E-state index is 13.3. The average Bonchev–Trinajstić information content (AvgIpc) is 2.41. The minimum absolute atomic E-state index is 0.129. The van der Waals surface area contributed by atoms with E-state index in [1.165, 1.54) is 31.2 Å². The Labute approximate surface area is 129 Å². The van der Waals surface area contributed by atoms with Gasteiger partial charge < -0.3 is 5.32 Å². The first-order valence-electron chi connectivity index (χ1n) is 8.40. The zero-order chi connectivity index (χ0) is 15.5. The number of halogens is 1. The topological polar surface area (TPSA) is 12.0 Å². The van der Waals surface area contributed by atoms with E-state index < -0.39 is 0 Å². The summed E-state index contributed by atoms with van der Waals surface area (Å²) < 4.78 is 13.3. The van der Waals surface area contributed by atoms with Crippen LogP contribution in [0.1, 0.15) is 57.6 Å². The summed E-state index contributed by atoms with van der Waals surface area (Å²) in [6.07, 6.45) is 6.28. The molecule has 118 valence electrons. The second kappa shape index (κ2) is 6.91. The molecule has 0 aliphatic heterocycles. The highest BCUT2D eigenvalue weighted by Gasteiger charge is 2.31. The molecule has 0 amide bonds. The van der Waals surface area contributed by atoms with Gasteiger partial charge in [-0.2, -0.15) is 0 Å². The predicted octanol–water partition coefficient (Wildman–Crippen LogP) is 4.87. The number of nitrogens with one attached hydrogen (secondary N) is 1. The third kappa shape index (κ3) is 4.54. The summed E-state index contributed by atoms with van der Waals surface area (Å²) >= 11 is 0. The van der Waals surface area contributed by atoms with Gasteiger partial charge in [0.25, 0.3) is 0 Å². The smallest absolute Gasteiger partial charge is 0.123 e. The lowest BCUT2D eigenvalue weighted by Gasteiger charge is -2.38. The lowest BCUT2D eigenvalue weighted by Crippen LogP contribution is -2.40. The van der Waals surface area contributed by atoms with Crippen LogP contribution in [0.25, 0.3) is 0 Å². The van der Waals surface area contributed by atoms with Crippen molar-refractivity contribution in [3.8, 4) is 0 Å². The zero-order valence-electron chi connectivity index (χ0n) is 14.0. The summed E-state index contributed by atoms with van der Waals surface area (Å²) in [5, 5.41) is 3.68. The van der Waals surface area contributed by atoms with Gasteiger partial charge in [0, 0.05) is 6.04 Å². The van der Waals surface area contributed by atoms with Gasteiger partial charge >= 0.3 is 0 Å². The lowest BCUT2D eigenvalue weighted by molar-refractivity contribution is 0.161. The van der Waals surface area contributed by atoms with Crippen LogP contribution in [0.15, 0.2) is 18.2 Å². The third-order valence-electron chi connectivity index (χ3n) is 5.16. The third-order valence-corrected chi connectivity index (χ3v) is 5.16. The molecule has 1 fully saturated rings. The fourth-order valence-electron chi connectivity index (χ4n) is 3.62. The first kappa shape index (κ1) is 16.5. The van der Waals surface area contributed by atoms with Gasteiger partial charge in [0.2, 0.25) is 0 Å². The molecular weight excluding hydrogens is 261 g/mol. The first-order valence-corrected chi connectivity index (χ1v) is 8.40. The van der Waals surface area contributed by atoms with Crippen molar-refractivity contribution >= 4 is 0 Å². The summed E-state index contributed by atoms with van der Waals surface area (Å²) in [6.45, 7) is 9.97. The van der Waals surface area contributed by atoms with Crippen LogP contribution in [0, 0.1) is 24.1 Å². The Hall–Kier alpha value is -0.890. The summed E-state index contributed by atoms with van der Waals surface area (Å²) in [5.41, 5.74) is 2.88. The molecule has 1 N–H and O–H groups in total. The predicted molar refractivity (Wildman–Crippen MR) is 88.0 cm³/mol.